The summed E-state index contributed by atoms with van der Waals surface area (Å²) in [6.07, 6.45) is 16.2. The minimum Gasteiger partial charge on any atom is -0.480 e. The summed E-state index contributed by atoms with van der Waals surface area (Å²) in [5.41, 5.74) is 0. The van der Waals surface area contributed by atoms with Crippen molar-refractivity contribution >= 4 is 45.4 Å². The summed E-state index contributed by atoms with van der Waals surface area (Å²) in [6.45, 7) is 5.75. The van der Waals surface area contributed by atoms with Crippen molar-refractivity contribution in [1.29, 1.82) is 0 Å². The van der Waals surface area contributed by atoms with E-state index >= 15 is 0 Å². The fourth-order valence-electron chi connectivity index (χ4n) is 5.96. The molecule has 0 heterocycles. The van der Waals surface area contributed by atoms with Crippen LogP contribution in [0.3, 0.4) is 0 Å². The first-order chi connectivity index (χ1) is 28.7. The number of rotatable bonds is 44. The molecule has 0 unspecified atom stereocenters. The monoisotopic (exact) mass is 880 g/mol. The Bertz CT molecular complexity index is 1280. The summed E-state index contributed by atoms with van der Waals surface area (Å²) in [6, 6.07) is -1.15. The van der Waals surface area contributed by atoms with Gasteiger partial charge in [-0.1, -0.05) is 84.0 Å². The Morgan fingerprint density at radius 3 is 1.65 bits per heavy atom. The Kier molecular flexibility index (Phi) is 36.9. The van der Waals surface area contributed by atoms with Gasteiger partial charge in [-0.2, -0.15) is 8.42 Å². The van der Waals surface area contributed by atoms with Gasteiger partial charge in [-0.15, -0.1) is 0 Å². The maximum Gasteiger partial charge on any atom is 0.326 e. The van der Waals surface area contributed by atoms with Crippen molar-refractivity contribution in [2.45, 2.75) is 155 Å². The van der Waals surface area contributed by atoms with Crippen LogP contribution in [0, 0.1) is 5.92 Å². The van der Waals surface area contributed by atoms with E-state index in [-0.39, 0.29) is 106 Å². The predicted octanol–water partition coefficient (Wildman–Crippen LogP) is 4.73. The summed E-state index contributed by atoms with van der Waals surface area (Å²) >= 11 is 0. The number of ether oxygens (including phenoxy) is 4. The van der Waals surface area contributed by atoms with Crippen LogP contribution in [0.25, 0.3) is 0 Å². The van der Waals surface area contributed by atoms with Crippen molar-refractivity contribution in [1.82, 2.24) is 16.0 Å². The molecule has 350 valence electrons. The maximum absolute atomic E-state index is 12.3. The van der Waals surface area contributed by atoms with Crippen LogP contribution in [0.2, 0.25) is 0 Å². The van der Waals surface area contributed by atoms with Crippen LogP contribution in [0.15, 0.2) is 0 Å². The van der Waals surface area contributed by atoms with Crippen molar-refractivity contribution in [3.8, 4) is 0 Å². The quantitative estimate of drug-likeness (QED) is 0.0410. The molecule has 0 aromatic carbocycles. The normalized spacial score (nSPS) is 12.4. The van der Waals surface area contributed by atoms with Crippen molar-refractivity contribution in [2.24, 2.45) is 5.92 Å². The molecule has 0 aromatic heterocycles. The maximum atomic E-state index is 12.3. The van der Waals surface area contributed by atoms with Crippen molar-refractivity contribution < 1.29 is 65.8 Å². The lowest BCUT2D eigenvalue weighted by Gasteiger charge is -2.14. The number of aliphatic carboxylic acids is 1. The zero-order chi connectivity index (χ0) is 44.7. The Morgan fingerprint density at radius 1 is 0.533 bits per heavy atom. The Balaban J connectivity index is 3.66. The molecule has 2 atom stereocenters. The molecule has 60 heavy (non-hydrogen) atoms. The van der Waals surface area contributed by atoms with Crippen LogP contribution >= 0.6 is 0 Å². The summed E-state index contributed by atoms with van der Waals surface area (Å²) in [4.78, 5) is 71.2. The van der Waals surface area contributed by atoms with Gasteiger partial charge in [0.2, 0.25) is 17.7 Å². The van der Waals surface area contributed by atoms with Crippen LogP contribution in [0.4, 0.5) is 0 Å². The molecule has 18 heteroatoms. The van der Waals surface area contributed by atoms with Gasteiger partial charge in [0, 0.05) is 44.9 Å². The fourth-order valence-corrected chi connectivity index (χ4v) is 6.53. The second-order valence-corrected chi connectivity index (χ2v) is 16.9. The number of ketones is 2. The molecule has 0 radical (unpaired) electrons. The number of carbonyl (C=O) groups excluding carboxylic acids is 5. The molecule has 0 spiro atoms. The number of hydrogen-bond acceptors (Lipinski definition) is 12. The van der Waals surface area contributed by atoms with E-state index in [0.717, 1.165) is 89.9 Å². The molecule has 0 aliphatic heterocycles. The van der Waals surface area contributed by atoms with E-state index < -0.39 is 22.1 Å². The second-order valence-electron chi connectivity index (χ2n) is 15.3. The molecule has 0 aliphatic rings. The molecule has 5 N–H and O–H groups in total. The first kappa shape index (κ1) is 57.0. The van der Waals surface area contributed by atoms with Gasteiger partial charge in [-0.05, 0) is 45.4 Å². The van der Waals surface area contributed by atoms with Gasteiger partial charge in [-0.25, -0.2) is 4.79 Å². The molecule has 0 saturated carbocycles. The minimum atomic E-state index is -3.85. The van der Waals surface area contributed by atoms with Crippen LogP contribution < -0.4 is 16.0 Å². The largest absolute Gasteiger partial charge is 0.480 e. The number of Topliss-reactive ketones (excluding diaryl/α,β-unsaturated/α-hetero) is 2. The Hall–Kier alpha value is -3.03. The smallest absolute Gasteiger partial charge is 0.326 e. The molecular weight excluding hydrogens is 803 g/mol. The fraction of sp³-hybridized carbons (Fsp3) is 0.857. The Morgan fingerprint density at radius 2 is 1.07 bits per heavy atom. The van der Waals surface area contributed by atoms with Crippen molar-refractivity contribution in [3.05, 3.63) is 0 Å². The molecule has 0 bridgehead atoms. The molecular formula is C42H77N3O14S. The van der Waals surface area contributed by atoms with Gasteiger partial charge in [0.05, 0.1) is 38.8 Å². The topological polar surface area (TPSA) is 250 Å². The van der Waals surface area contributed by atoms with Crippen LogP contribution in [-0.2, 0) is 57.8 Å². The lowest BCUT2D eigenvalue weighted by Crippen LogP contribution is -2.41. The molecule has 3 amide bonds. The summed E-state index contributed by atoms with van der Waals surface area (Å²) < 4.78 is 51.6. The van der Waals surface area contributed by atoms with Crippen molar-refractivity contribution in [2.75, 3.05) is 71.7 Å². The van der Waals surface area contributed by atoms with E-state index in [2.05, 4.69) is 16.0 Å². The van der Waals surface area contributed by atoms with Gasteiger partial charge < -0.3 is 40.0 Å². The number of amides is 3. The second kappa shape index (κ2) is 38.9. The average molecular weight is 880 g/mol. The average Bonchev–Trinajstić information content (AvgIpc) is 3.19. The van der Waals surface area contributed by atoms with E-state index in [1.807, 2.05) is 6.92 Å². The molecule has 0 fully saturated rings. The third-order valence-electron chi connectivity index (χ3n) is 9.73. The predicted molar refractivity (Wildman–Crippen MR) is 227 cm³/mol. The van der Waals surface area contributed by atoms with Crippen LogP contribution in [-0.4, -0.2) is 131 Å². The number of unbranched alkanes of at least 4 members (excludes halogenated alkanes) is 13. The van der Waals surface area contributed by atoms with Crippen LogP contribution in [0.1, 0.15) is 149 Å². The van der Waals surface area contributed by atoms with Crippen molar-refractivity contribution in [3.63, 3.8) is 0 Å². The third-order valence-corrected chi connectivity index (χ3v) is 10.5. The van der Waals surface area contributed by atoms with Gasteiger partial charge in [0.25, 0.3) is 10.1 Å². The van der Waals surface area contributed by atoms with Gasteiger partial charge >= 0.3 is 5.97 Å². The number of carboxylic acid groups (broad SMARTS) is 1. The highest BCUT2D eigenvalue weighted by atomic mass is 32.2. The Labute approximate surface area is 358 Å². The standard InChI is InChI=1S/C42H77N3O14S/c1-35(36(2)46)19-15-16-24-43-41(50)34-59-31-28-56-26-18-20-37(47)33-58-30-29-57-27-25-44-39(48)23-22-38(42(51)52)45-40(49)21-14-12-10-8-6-4-3-5-7-9-11-13-17-32-60(53,54)55/h35,38H,3-34H2,1-2H3,(H,43,50)(H,44,48)(H,45,49)(H,51,52)(H,53,54,55)/t35-,38-/m0/s1. The molecule has 0 aromatic rings. The molecule has 17 nitrogen and oxygen atoms in total. The van der Waals surface area contributed by atoms with Crippen LogP contribution in [0.5, 0.6) is 0 Å². The van der Waals surface area contributed by atoms with Gasteiger partial charge in [0.1, 0.15) is 25.0 Å². The summed E-state index contributed by atoms with van der Waals surface area (Å²) in [5.74, 6) is -2.08. The first-order valence-electron chi connectivity index (χ1n) is 22.0. The molecule has 0 saturated heterocycles. The highest BCUT2D eigenvalue weighted by Crippen LogP contribution is 2.14. The number of carbonyl (C=O) groups is 6. The molecule has 0 rings (SSSR count). The summed E-state index contributed by atoms with van der Waals surface area (Å²) in [5, 5.41) is 17.5. The minimum absolute atomic E-state index is 0.0313. The van der Waals surface area contributed by atoms with E-state index in [4.69, 9.17) is 23.5 Å². The van der Waals surface area contributed by atoms with E-state index in [9.17, 15) is 42.3 Å². The van der Waals surface area contributed by atoms with E-state index in [1.54, 1.807) is 6.92 Å². The number of carboxylic acids is 1. The SMILES string of the molecule is CC(=O)[C@@H](C)CCCCNC(=O)COCCOCCCC(=O)COCCOCCNC(=O)CC[C@H](NC(=O)CCCCCCCCCCCCCCCS(=O)(=O)O)C(=O)O. The zero-order valence-corrected chi connectivity index (χ0v) is 37.3. The lowest BCUT2D eigenvalue weighted by atomic mass is 10.0. The first-order valence-corrected chi connectivity index (χ1v) is 23.7. The number of nitrogens with one attached hydrogen (secondary N) is 3. The lowest BCUT2D eigenvalue weighted by molar-refractivity contribution is -0.142. The zero-order valence-electron chi connectivity index (χ0n) is 36.5. The number of hydrogen-bond donors (Lipinski definition) is 5. The van der Waals surface area contributed by atoms with E-state index in [1.165, 1.54) is 0 Å². The summed E-state index contributed by atoms with van der Waals surface area (Å²) in [7, 11) is -3.85. The highest BCUT2D eigenvalue weighted by molar-refractivity contribution is 7.85. The van der Waals surface area contributed by atoms with E-state index in [0.29, 0.717) is 45.4 Å². The third kappa shape index (κ3) is 40.4. The van der Waals surface area contributed by atoms with Gasteiger partial charge in [-0.3, -0.25) is 28.5 Å². The highest BCUT2D eigenvalue weighted by Gasteiger charge is 2.21. The molecule has 0 aliphatic carbocycles. The van der Waals surface area contributed by atoms with Gasteiger partial charge in [0.15, 0.2) is 5.78 Å².